The van der Waals surface area contributed by atoms with E-state index in [0.29, 0.717) is 6.42 Å². The highest BCUT2D eigenvalue weighted by molar-refractivity contribution is 5.66. The summed E-state index contributed by atoms with van der Waals surface area (Å²) in [7, 11) is 0. The Bertz CT molecular complexity index is 353. The van der Waals surface area contributed by atoms with Crippen LogP contribution >= 0.6 is 0 Å². The van der Waals surface area contributed by atoms with Gasteiger partial charge in [-0.05, 0) is 25.3 Å². The fourth-order valence-electron chi connectivity index (χ4n) is 1.90. The van der Waals surface area contributed by atoms with Crippen LogP contribution in [0.4, 0.5) is 0 Å². The zero-order chi connectivity index (χ0) is 13.4. The summed E-state index contributed by atoms with van der Waals surface area (Å²) >= 11 is 0. The number of rotatable bonds is 8. The molecule has 2 atom stereocenters. The van der Waals surface area contributed by atoms with Crippen molar-refractivity contribution in [2.24, 2.45) is 0 Å². The lowest BCUT2D eigenvalue weighted by Gasteiger charge is -2.21. The molecule has 0 saturated heterocycles. The number of hydrogen-bond donors (Lipinski definition) is 3. The molecule has 0 heterocycles. The molecule has 0 saturated carbocycles. The van der Waals surface area contributed by atoms with Gasteiger partial charge < -0.3 is 15.5 Å². The van der Waals surface area contributed by atoms with Gasteiger partial charge in [-0.1, -0.05) is 30.3 Å². The van der Waals surface area contributed by atoms with E-state index < -0.39 is 5.97 Å². The van der Waals surface area contributed by atoms with Crippen LogP contribution in [-0.2, 0) is 11.2 Å². The average Bonchev–Trinajstić information content (AvgIpc) is 2.37. The predicted octanol–water partition coefficient (Wildman–Crippen LogP) is 1.43. The Balaban J connectivity index is 2.39. The van der Waals surface area contributed by atoms with Gasteiger partial charge in [0.15, 0.2) is 0 Å². The van der Waals surface area contributed by atoms with Gasteiger partial charge in [-0.2, -0.15) is 0 Å². The normalized spacial score (nSPS) is 14.1. The lowest BCUT2D eigenvalue weighted by atomic mass is 10.0. The second-order valence-corrected chi connectivity index (χ2v) is 4.57. The zero-order valence-corrected chi connectivity index (χ0v) is 10.7. The van der Waals surface area contributed by atoms with Crippen molar-refractivity contribution in [2.45, 2.75) is 38.3 Å². The molecule has 0 radical (unpaired) electrons. The number of aliphatic hydroxyl groups is 1. The fourth-order valence-corrected chi connectivity index (χ4v) is 1.90. The Hall–Kier alpha value is -1.39. The van der Waals surface area contributed by atoms with Crippen molar-refractivity contribution >= 4 is 5.97 Å². The first-order chi connectivity index (χ1) is 8.61. The molecule has 1 rings (SSSR count). The highest BCUT2D eigenvalue weighted by atomic mass is 16.4. The van der Waals surface area contributed by atoms with E-state index in [1.807, 2.05) is 37.3 Å². The summed E-state index contributed by atoms with van der Waals surface area (Å²) < 4.78 is 0. The van der Waals surface area contributed by atoms with Gasteiger partial charge in [0, 0.05) is 18.5 Å². The highest BCUT2D eigenvalue weighted by Crippen LogP contribution is 2.05. The van der Waals surface area contributed by atoms with Gasteiger partial charge in [-0.15, -0.1) is 0 Å². The molecule has 0 amide bonds. The molecule has 2 unspecified atom stereocenters. The molecule has 4 nitrogen and oxygen atoms in total. The molecule has 0 spiro atoms. The van der Waals surface area contributed by atoms with Crippen LogP contribution in [0.25, 0.3) is 0 Å². The first-order valence-corrected chi connectivity index (χ1v) is 6.24. The number of aliphatic hydroxyl groups excluding tert-OH is 1. The third kappa shape index (κ3) is 5.80. The van der Waals surface area contributed by atoms with Crippen molar-refractivity contribution in [3.63, 3.8) is 0 Å². The van der Waals surface area contributed by atoms with Gasteiger partial charge in [0.25, 0.3) is 0 Å². The van der Waals surface area contributed by atoms with E-state index in [0.717, 1.165) is 12.0 Å². The number of benzene rings is 1. The van der Waals surface area contributed by atoms with E-state index in [9.17, 15) is 9.90 Å². The van der Waals surface area contributed by atoms with Crippen LogP contribution in [0.15, 0.2) is 30.3 Å². The van der Waals surface area contributed by atoms with Gasteiger partial charge in [0.1, 0.15) is 0 Å². The number of aliphatic carboxylic acids is 1. The minimum atomic E-state index is -0.785. The predicted molar refractivity (Wildman–Crippen MR) is 70.5 cm³/mol. The molecule has 18 heavy (non-hydrogen) atoms. The van der Waals surface area contributed by atoms with E-state index in [4.69, 9.17) is 5.11 Å². The first-order valence-electron chi connectivity index (χ1n) is 6.24. The molecule has 0 aliphatic rings. The van der Waals surface area contributed by atoms with E-state index >= 15 is 0 Å². The molecule has 0 aliphatic carbocycles. The van der Waals surface area contributed by atoms with Crippen molar-refractivity contribution in [1.29, 1.82) is 0 Å². The van der Waals surface area contributed by atoms with Crippen LogP contribution in [-0.4, -0.2) is 34.9 Å². The van der Waals surface area contributed by atoms with Crippen molar-refractivity contribution in [3.8, 4) is 0 Å². The van der Waals surface area contributed by atoms with Gasteiger partial charge in [-0.25, -0.2) is 0 Å². The quantitative estimate of drug-likeness (QED) is 0.654. The molecule has 0 fully saturated rings. The van der Waals surface area contributed by atoms with Crippen molar-refractivity contribution in [1.82, 2.24) is 5.32 Å². The van der Waals surface area contributed by atoms with Crippen molar-refractivity contribution < 1.29 is 15.0 Å². The summed E-state index contributed by atoms with van der Waals surface area (Å²) in [5, 5.41) is 21.2. The lowest BCUT2D eigenvalue weighted by molar-refractivity contribution is -0.137. The van der Waals surface area contributed by atoms with E-state index in [1.54, 1.807) is 0 Å². The van der Waals surface area contributed by atoms with E-state index in [1.165, 1.54) is 0 Å². The minimum absolute atomic E-state index is 0.0313. The number of carboxylic acid groups (broad SMARTS) is 1. The molecule has 0 aliphatic heterocycles. The van der Waals surface area contributed by atoms with Gasteiger partial charge in [0.2, 0.25) is 0 Å². The van der Waals surface area contributed by atoms with Crippen LogP contribution in [0.1, 0.15) is 25.3 Å². The summed E-state index contributed by atoms with van der Waals surface area (Å²) in [5.74, 6) is -0.785. The monoisotopic (exact) mass is 251 g/mol. The molecule has 1 aromatic carbocycles. The number of carboxylic acids is 1. The Kier molecular flexibility index (Phi) is 6.39. The summed E-state index contributed by atoms with van der Waals surface area (Å²) in [6.45, 7) is 1.99. The second kappa shape index (κ2) is 7.84. The standard InChI is InChI=1S/C14H21NO3/c1-11(7-8-14(17)18)15-13(10-16)9-12-5-3-2-4-6-12/h2-6,11,13,15-16H,7-10H2,1H3,(H,17,18). The minimum Gasteiger partial charge on any atom is -0.481 e. The molecule has 3 N–H and O–H groups in total. The van der Waals surface area contributed by atoms with E-state index in [2.05, 4.69) is 5.32 Å². The van der Waals surface area contributed by atoms with Crippen LogP contribution in [0, 0.1) is 0 Å². The largest absolute Gasteiger partial charge is 0.481 e. The second-order valence-electron chi connectivity index (χ2n) is 4.57. The molecule has 1 aromatic rings. The topological polar surface area (TPSA) is 69.6 Å². The van der Waals surface area contributed by atoms with Gasteiger partial charge >= 0.3 is 5.97 Å². The molecular formula is C14H21NO3. The first kappa shape index (κ1) is 14.7. The number of nitrogens with one attached hydrogen (secondary N) is 1. The smallest absolute Gasteiger partial charge is 0.303 e. The highest BCUT2D eigenvalue weighted by Gasteiger charge is 2.12. The third-order valence-corrected chi connectivity index (χ3v) is 2.86. The molecule has 0 bridgehead atoms. The molecular weight excluding hydrogens is 230 g/mol. The maximum absolute atomic E-state index is 10.5. The molecule has 4 heteroatoms. The van der Waals surface area contributed by atoms with Gasteiger partial charge in [-0.3, -0.25) is 4.79 Å². The van der Waals surface area contributed by atoms with E-state index in [-0.39, 0.29) is 25.1 Å². The summed E-state index contributed by atoms with van der Waals surface area (Å²) in [6, 6.07) is 9.99. The zero-order valence-electron chi connectivity index (χ0n) is 10.7. The van der Waals surface area contributed by atoms with Crippen LogP contribution in [0.2, 0.25) is 0 Å². The van der Waals surface area contributed by atoms with Gasteiger partial charge in [0.05, 0.1) is 6.61 Å². The van der Waals surface area contributed by atoms with Crippen molar-refractivity contribution in [3.05, 3.63) is 35.9 Å². The van der Waals surface area contributed by atoms with Crippen LogP contribution in [0.3, 0.4) is 0 Å². The summed E-state index contributed by atoms with van der Waals surface area (Å²) in [5.41, 5.74) is 1.16. The maximum atomic E-state index is 10.5. The van der Waals surface area contributed by atoms with Crippen molar-refractivity contribution in [2.75, 3.05) is 6.61 Å². The third-order valence-electron chi connectivity index (χ3n) is 2.86. The molecule has 100 valence electrons. The van der Waals surface area contributed by atoms with Crippen LogP contribution < -0.4 is 5.32 Å². The Morgan fingerprint density at radius 1 is 1.33 bits per heavy atom. The number of carbonyl (C=O) groups is 1. The average molecular weight is 251 g/mol. The van der Waals surface area contributed by atoms with Crippen LogP contribution in [0.5, 0.6) is 0 Å². The maximum Gasteiger partial charge on any atom is 0.303 e. The summed E-state index contributed by atoms with van der Waals surface area (Å²) in [4.78, 5) is 10.5. The number of hydrogen-bond acceptors (Lipinski definition) is 3. The Labute approximate surface area is 108 Å². The Morgan fingerprint density at radius 2 is 2.00 bits per heavy atom. The lowest BCUT2D eigenvalue weighted by Crippen LogP contribution is -2.40. The Morgan fingerprint density at radius 3 is 2.56 bits per heavy atom. The fraction of sp³-hybridized carbons (Fsp3) is 0.500. The summed E-state index contributed by atoms with van der Waals surface area (Å²) in [6.07, 6.45) is 1.47. The molecule has 0 aromatic heterocycles. The SMILES string of the molecule is CC(CCC(=O)O)NC(CO)Cc1ccccc1.